The van der Waals surface area contributed by atoms with Crippen molar-refractivity contribution in [3.8, 4) is 0 Å². The summed E-state index contributed by atoms with van der Waals surface area (Å²) in [5, 5.41) is 3.70. The van der Waals surface area contributed by atoms with Crippen molar-refractivity contribution in [3.05, 3.63) is 59.1 Å². The van der Waals surface area contributed by atoms with Gasteiger partial charge in [0.15, 0.2) is 0 Å². The molecular formula is C15H17ClN2O2S. The largest absolute Gasteiger partial charge is 0.313 e. The molecule has 6 heteroatoms. The number of nitrogens with one attached hydrogen (secondary N) is 2. The van der Waals surface area contributed by atoms with Gasteiger partial charge in [-0.2, -0.15) is 0 Å². The summed E-state index contributed by atoms with van der Waals surface area (Å²) in [5.74, 6) is 0. The highest BCUT2D eigenvalue weighted by atomic mass is 35.5. The molecule has 0 unspecified atom stereocenters. The lowest BCUT2D eigenvalue weighted by Gasteiger charge is -2.10. The third-order valence-corrected chi connectivity index (χ3v) is 4.53. The summed E-state index contributed by atoms with van der Waals surface area (Å²) in [7, 11) is -3.60. The van der Waals surface area contributed by atoms with Crippen molar-refractivity contribution in [2.24, 2.45) is 0 Å². The molecule has 4 nitrogen and oxygen atoms in total. The summed E-state index contributed by atoms with van der Waals surface area (Å²) in [5.41, 5.74) is 1.56. The van der Waals surface area contributed by atoms with E-state index in [1.54, 1.807) is 18.2 Å². The molecule has 0 saturated heterocycles. The van der Waals surface area contributed by atoms with E-state index in [1.807, 2.05) is 25.1 Å². The summed E-state index contributed by atoms with van der Waals surface area (Å²) >= 11 is 5.77. The predicted octanol–water partition coefficient (Wildman–Crippen LogP) is 3.25. The Balaban J connectivity index is 2.18. The fourth-order valence-corrected chi connectivity index (χ4v) is 3.02. The van der Waals surface area contributed by atoms with E-state index in [0.717, 1.165) is 12.1 Å². The Kier molecular flexibility index (Phi) is 5.22. The van der Waals surface area contributed by atoms with Gasteiger partial charge in [-0.3, -0.25) is 4.72 Å². The Labute approximate surface area is 130 Å². The number of anilines is 1. The van der Waals surface area contributed by atoms with Crippen molar-refractivity contribution >= 4 is 27.3 Å². The smallest absolute Gasteiger partial charge is 0.261 e. The molecule has 0 spiro atoms. The van der Waals surface area contributed by atoms with Crippen LogP contribution in [0.2, 0.25) is 5.02 Å². The highest BCUT2D eigenvalue weighted by molar-refractivity contribution is 7.92. The van der Waals surface area contributed by atoms with E-state index < -0.39 is 10.0 Å². The molecule has 0 aliphatic carbocycles. The molecule has 0 atom stereocenters. The van der Waals surface area contributed by atoms with E-state index in [9.17, 15) is 8.42 Å². The van der Waals surface area contributed by atoms with Crippen molar-refractivity contribution < 1.29 is 8.42 Å². The molecule has 0 fully saturated rings. The molecule has 0 aliphatic heterocycles. The zero-order valence-electron chi connectivity index (χ0n) is 11.6. The summed E-state index contributed by atoms with van der Waals surface area (Å²) < 4.78 is 27.1. The fourth-order valence-electron chi connectivity index (χ4n) is 1.84. The number of benzene rings is 2. The minimum absolute atomic E-state index is 0.184. The maximum atomic E-state index is 12.3. The zero-order valence-corrected chi connectivity index (χ0v) is 13.2. The van der Waals surface area contributed by atoms with Crippen LogP contribution < -0.4 is 10.0 Å². The molecule has 0 aromatic heterocycles. The Morgan fingerprint density at radius 2 is 1.81 bits per heavy atom. The molecule has 2 aromatic rings. The first kappa shape index (κ1) is 15.8. The number of hydrogen-bond donors (Lipinski definition) is 2. The monoisotopic (exact) mass is 324 g/mol. The normalized spacial score (nSPS) is 11.3. The van der Waals surface area contributed by atoms with E-state index in [2.05, 4.69) is 10.0 Å². The second-order valence-electron chi connectivity index (χ2n) is 4.54. The Morgan fingerprint density at radius 3 is 2.48 bits per heavy atom. The lowest BCUT2D eigenvalue weighted by molar-refractivity contribution is 0.601. The van der Waals surface area contributed by atoms with Crippen LogP contribution in [0.3, 0.4) is 0 Å². The van der Waals surface area contributed by atoms with Gasteiger partial charge in [-0.25, -0.2) is 8.42 Å². The van der Waals surface area contributed by atoms with Crippen molar-refractivity contribution in [3.63, 3.8) is 0 Å². The van der Waals surface area contributed by atoms with Gasteiger partial charge < -0.3 is 5.32 Å². The predicted molar refractivity (Wildman–Crippen MR) is 86.1 cm³/mol. The van der Waals surface area contributed by atoms with Crippen LogP contribution in [-0.4, -0.2) is 15.0 Å². The standard InChI is InChI=1S/C15H17ClN2O2S/c1-2-17-11-12-4-3-5-14(10-12)18-21(19,20)15-8-6-13(16)7-9-15/h3-10,17-18H,2,11H2,1H3. The van der Waals surface area contributed by atoms with E-state index in [-0.39, 0.29) is 4.90 Å². The van der Waals surface area contributed by atoms with Crippen molar-refractivity contribution in [1.82, 2.24) is 5.32 Å². The molecule has 21 heavy (non-hydrogen) atoms. The molecule has 0 bridgehead atoms. The highest BCUT2D eigenvalue weighted by Crippen LogP contribution is 2.19. The molecule has 112 valence electrons. The van der Waals surface area contributed by atoms with E-state index in [1.165, 1.54) is 12.1 Å². The first-order chi connectivity index (χ1) is 10.0. The minimum atomic E-state index is -3.60. The van der Waals surface area contributed by atoms with Gasteiger partial charge >= 0.3 is 0 Å². The summed E-state index contributed by atoms with van der Waals surface area (Å²) in [6.45, 7) is 3.58. The second kappa shape index (κ2) is 6.93. The SMILES string of the molecule is CCNCc1cccc(NS(=O)(=O)c2ccc(Cl)cc2)c1. The van der Waals surface area contributed by atoms with E-state index >= 15 is 0 Å². The van der Waals surface area contributed by atoms with Crippen LogP contribution in [0.1, 0.15) is 12.5 Å². The third kappa shape index (κ3) is 4.46. The fraction of sp³-hybridized carbons (Fsp3) is 0.200. The van der Waals surface area contributed by atoms with Gasteiger partial charge in [-0.05, 0) is 48.5 Å². The molecule has 2 aromatic carbocycles. The van der Waals surface area contributed by atoms with E-state index in [4.69, 9.17) is 11.6 Å². The molecule has 2 N–H and O–H groups in total. The molecule has 0 amide bonds. The molecule has 0 radical (unpaired) electrons. The molecule has 2 rings (SSSR count). The van der Waals surface area contributed by atoms with Crippen LogP contribution in [-0.2, 0) is 16.6 Å². The lowest BCUT2D eigenvalue weighted by atomic mass is 10.2. The molecule has 0 saturated carbocycles. The highest BCUT2D eigenvalue weighted by Gasteiger charge is 2.13. The molecular weight excluding hydrogens is 308 g/mol. The van der Waals surface area contributed by atoms with Gasteiger partial charge in [0.25, 0.3) is 10.0 Å². The van der Waals surface area contributed by atoms with Gasteiger partial charge in [0.2, 0.25) is 0 Å². The van der Waals surface area contributed by atoms with E-state index in [0.29, 0.717) is 17.3 Å². The third-order valence-electron chi connectivity index (χ3n) is 2.88. The van der Waals surface area contributed by atoms with Gasteiger partial charge in [-0.1, -0.05) is 30.7 Å². The van der Waals surface area contributed by atoms with Crippen LogP contribution in [0, 0.1) is 0 Å². The summed E-state index contributed by atoms with van der Waals surface area (Å²) in [4.78, 5) is 0.184. The first-order valence-corrected chi connectivity index (χ1v) is 8.45. The first-order valence-electron chi connectivity index (χ1n) is 6.59. The Hall–Kier alpha value is -1.56. The zero-order chi connectivity index (χ0) is 15.3. The van der Waals surface area contributed by atoms with Gasteiger partial charge in [0.05, 0.1) is 4.90 Å². The van der Waals surface area contributed by atoms with Crippen LogP contribution in [0.5, 0.6) is 0 Å². The topological polar surface area (TPSA) is 58.2 Å². The van der Waals surface area contributed by atoms with Crippen molar-refractivity contribution in [1.29, 1.82) is 0 Å². The quantitative estimate of drug-likeness (QED) is 0.857. The summed E-state index contributed by atoms with van der Waals surface area (Å²) in [6, 6.07) is 13.4. The van der Waals surface area contributed by atoms with Crippen LogP contribution in [0.15, 0.2) is 53.4 Å². The Bertz CT molecular complexity index is 700. The maximum absolute atomic E-state index is 12.3. The number of hydrogen-bond acceptors (Lipinski definition) is 3. The number of halogens is 1. The van der Waals surface area contributed by atoms with Gasteiger partial charge in [-0.15, -0.1) is 0 Å². The maximum Gasteiger partial charge on any atom is 0.261 e. The Morgan fingerprint density at radius 1 is 1.10 bits per heavy atom. The van der Waals surface area contributed by atoms with Gasteiger partial charge in [0, 0.05) is 17.3 Å². The van der Waals surface area contributed by atoms with Crippen molar-refractivity contribution in [2.45, 2.75) is 18.4 Å². The number of sulfonamides is 1. The lowest BCUT2D eigenvalue weighted by Crippen LogP contribution is -2.14. The van der Waals surface area contributed by atoms with Crippen LogP contribution in [0.25, 0.3) is 0 Å². The second-order valence-corrected chi connectivity index (χ2v) is 6.66. The van der Waals surface area contributed by atoms with Gasteiger partial charge in [0.1, 0.15) is 0 Å². The van der Waals surface area contributed by atoms with Crippen LogP contribution >= 0.6 is 11.6 Å². The minimum Gasteiger partial charge on any atom is -0.313 e. The summed E-state index contributed by atoms with van der Waals surface area (Å²) in [6.07, 6.45) is 0. The number of rotatable bonds is 6. The molecule has 0 aliphatic rings. The van der Waals surface area contributed by atoms with Crippen molar-refractivity contribution in [2.75, 3.05) is 11.3 Å². The molecule has 0 heterocycles. The average molecular weight is 325 g/mol. The van der Waals surface area contributed by atoms with Crippen LogP contribution in [0.4, 0.5) is 5.69 Å². The average Bonchev–Trinajstić information content (AvgIpc) is 2.45.